The maximum Gasteiger partial charge on any atom is 0.514 e. The number of esters is 1. The van der Waals surface area contributed by atoms with E-state index in [1.54, 1.807) is 0 Å². The Morgan fingerprint density at radius 2 is 1.56 bits per heavy atom. The average molecular weight is 381 g/mol. The monoisotopic (exact) mass is 381 g/mol. The first-order chi connectivity index (χ1) is 13.0. The van der Waals surface area contributed by atoms with E-state index in [4.69, 9.17) is 24.7 Å². The first-order valence-corrected chi connectivity index (χ1v) is 9.52. The number of hydrogen-bond donors (Lipinski definition) is 1. The molecule has 152 valence electrons. The Balaban J connectivity index is 2.80. The highest BCUT2D eigenvalue weighted by atomic mass is 16.7. The molecule has 2 N–H and O–H groups in total. The van der Waals surface area contributed by atoms with Crippen LogP contribution < -0.4 is 15.2 Å². The van der Waals surface area contributed by atoms with Gasteiger partial charge in [-0.3, -0.25) is 0 Å². The maximum atomic E-state index is 12.4. The third-order valence-corrected chi connectivity index (χ3v) is 3.90. The van der Waals surface area contributed by atoms with Crippen molar-refractivity contribution >= 4 is 17.8 Å². The predicted octanol–water partition coefficient (Wildman–Crippen LogP) is 4.72. The predicted molar refractivity (Wildman–Crippen MR) is 103 cm³/mol. The minimum atomic E-state index is -0.894. The largest absolute Gasteiger partial charge is 0.514 e. The van der Waals surface area contributed by atoms with E-state index >= 15 is 0 Å². The van der Waals surface area contributed by atoms with Crippen LogP contribution in [0.1, 0.15) is 69.2 Å². The van der Waals surface area contributed by atoms with Crippen LogP contribution in [0.3, 0.4) is 0 Å². The molecule has 0 aliphatic heterocycles. The van der Waals surface area contributed by atoms with Crippen LogP contribution in [0.25, 0.3) is 0 Å². The van der Waals surface area contributed by atoms with Gasteiger partial charge in [0, 0.05) is 11.8 Å². The zero-order chi connectivity index (χ0) is 20.1. The van der Waals surface area contributed by atoms with Gasteiger partial charge in [-0.25, -0.2) is 9.59 Å². The molecule has 0 bridgehead atoms. The van der Waals surface area contributed by atoms with Crippen molar-refractivity contribution in [3.05, 3.63) is 17.7 Å². The van der Waals surface area contributed by atoms with E-state index in [2.05, 4.69) is 13.8 Å². The van der Waals surface area contributed by atoms with E-state index in [1.807, 2.05) is 0 Å². The van der Waals surface area contributed by atoms with Gasteiger partial charge in [-0.1, -0.05) is 46.0 Å². The summed E-state index contributed by atoms with van der Waals surface area (Å²) >= 11 is 0. The quantitative estimate of drug-likeness (QED) is 0.242. The van der Waals surface area contributed by atoms with E-state index in [0.29, 0.717) is 5.69 Å². The number of nitrogens with two attached hydrogens (primary N) is 1. The molecule has 0 radical (unpaired) electrons. The van der Waals surface area contributed by atoms with Crippen LogP contribution in [0.4, 0.5) is 10.5 Å². The summed E-state index contributed by atoms with van der Waals surface area (Å²) in [6.45, 7) is 4.70. The lowest BCUT2D eigenvalue weighted by atomic mass is 10.1. The van der Waals surface area contributed by atoms with Crippen LogP contribution in [-0.4, -0.2) is 32.4 Å². The second kappa shape index (κ2) is 12.8. The molecule has 0 amide bonds. The van der Waals surface area contributed by atoms with E-state index in [9.17, 15) is 9.59 Å². The van der Waals surface area contributed by atoms with Gasteiger partial charge in [0.25, 0.3) is 0 Å². The van der Waals surface area contributed by atoms with E-state index < -0.39 is 12.1 Å². The van der Waals surface area contributed by atoms with Crippen LogP contribution in [-0.2, 0) is 9.47 Å². The van der Waals surface area contributed by atoms with Crippen molar-refractivity contribution in [3.8, 4) is 11.5 Å². The van der Waals surface area contributed by atoms with Crippen molar-refractivity contribution in [3.63, 3.8) is 0 Å². The molecule has 0 unspecified atom stereocenters. The van der Waals surface area contributed by atoms with Gasteiger partial charge < -0.3 is 24.7 Å². The number of benzene rings is 1. The Kier molecular flexibility index (Phi) is 10.7. The summed E-state index contributed by atoms with van der Waals surface area (Å²) in [6, 6.07) is 2.87. The summed E-state index contributed by atoms with van der Waals surface area (Å²) in [5, 5.41) is 0. The number of nitrogen functional groups attached to an aromatic ring is 1. The highest BCUT2D eigenvalue weighted by molar-refractivity contribution is 5.95. The first-order valence-electron chi connectivity index (χ1n) is 9.52. The molecule has 7 nitrogen and oxygen atoms in total. The van der Waals surface area contributed by atoms with Gasteiger partial charge in [-0.2, -0.15) is 0 Å². The molecule has 0 saturated heterocycles. The normalized spacial score (nSPS) is 10.3. The fourth-order valence-electron chi connectivity index (χ4n) is 2.42. The molecule has 0 heterocycles. The molecule has 0 spiro atoms. The van der Waals surface area contributed by atoms with Crippen LogP contribution in [0.15, 0.2) is 12.1 Å². The van der Waals surface area contributed by atoms with Crippen molar-refractivity contribution in [1.82, 2.24) is 0 Å². The number of carbonyl (C=O) groups is 2. The van der Waals surface area contributed by atoms with Crippen LogP contribution in [0.2, 0.25) is 0 Å². The maximum absolute atomic E-state index is 12.4. The number of hydrogen-bond acceptors (Lipinski definition) is 7. The number of unbranched alkanes of at least 4 members (excludes halogenated alkanes) is 5. The molecule has 1 aromatic rings. The lowest BCUT2D eigenvalue weighted by Gasteiger charge is -2.14. The average Bonchev–Trinajstić information content (AvgIpc) is 2.65. The molecule has 0 aromatic heterocycles. The van der Waals surface area contributed by atoms with Crippen molar-refractivity contribution in [2.24, 2.45) is 0 Å². The minimum Gasteiger partial charge on any atom is -0.493 e. The van der Waals surface area contributed by atoms with Crippen molar-refractivity contribution < 1.29 is 28.5 Å². The fraction of sp³-hybridized carbons (Fsp3) is 0.600. The van der Waals surface area contributed by atoms with Crippen molar-refractivity contribution in [2.75, 3.05) is 26.1 Å². The zero-order valence-corrected chi connectivity index (χ0v) is 16.5. The topological polar surface area (TPSA) is 97.1 Å². The molecule has 0 atom stereocenters. The summed E-state index contributed by atoms with van der Waals surface area (Å²) in [5.41, 5.74) is 6.15. The van der Waals surface area contributed by atoms with Gasteiger partial charge >= 0.3 is 12.1 Å². The van der Waals surface area contributed by atoms with Gasteiger partial charge in [0.2, 0.25) is 0 Å². The summed E-state index contributed by atoms with van der Waals surface area (Å²) in [4.78, 5) is 24.4. The highest BCUT2D eigenvalue weighted by Crippen LogP contribution is 2.35. The molecule has 1 rings (SSSR count). The standard InChI is InChI=1S/C20H31NO6/c1-4-6-8-10-12-26-20(23)27-18-16(13-15(21)14-17(18)24-3)19(22)25-11-9-7-5-2/h13-14H,4-12,21H2,1-3H3. The zero-order valence-electron chi connectivity index (χ0n) is 16.5. The highest BCUT2D eigenvalue weighted by Gasteiger charge is 2.23. The van der Waals surface area contributed by atoms with Crippen molar-refractivity contribution in [1.29, 1.82) is 0 Å². The van der Waals surface area contributed by atoms with Gasteiger partial charge in [0.05, 0.1) is 20.3 Å². The Labute approximate surface area is 161 Å². The van der Waals surface area contributed by atoms with E-state index in [-0.39, 0.29) is 30.3 Å². The summed E-state index contributed by atoms with van der Waals surface area (Å²) in [6.07, 6.45) is 5.75. The minimum absolute atomic E-state index is 0.0336. The number of anilines is 1. The second-order valence-electron chi connectivity index (χ2n) is 6.20. The lowest BCUT2D eigenvalue weighted by Crippen LogP contribution is -2.16. The molecule has 0 saturated carbocycles. The molecular formula is C20H31NO6. The van der Waals surface area contributed by atoms with Gasteiger partial charge in [0.1, 0.15) is 5.56 Å². The Morgan fingerprint density at radius 1 is 0.926 bits per heavy atom. The van der Waals surface area contributed by atoms with E-state index in [1.165, 1.54) is 19.2 Å². The van der Waals surface area contributed by atoms with Crippen LogP contribution >= 0.6 is 0 Å². The molecule has 0 fully saturated rings. The summed E-state index contributed by atoms with van der Waals surface area (Å²) in [5.74, 6) is -0.508. The fourth-order valence-corrected chi connectivity index (χ4v) is 2.42. The molecule has 0 aliphatic rings. The van der Waals surface area contributed by atoms with Crippen molar-refractivity contribution in [2.45, 2.75) is 58.8 Å². The van der Waals surface area contributed by atoms with Gasteiger partial charge in [-0.15, -0.1) is 0 Å². The Bertz CT molecular complexity index is 602. The Hall–Kier alpha value is -2.44. The molecule has 1 aromatic carbocycles. The van der Waals surface area contributed by atoms with E-state index in [0.717, 1.165) is 44.9 Å². The smallest absolute Gasteiger partial charge is 0.493 e. The number of ether oxygens (including phenoxy) is 4. The van der Waals surface area contributed by atoms with Gasteiger partial charge in [-0.05, 0) is 18.9 Å². The third-order valence-electron chi connectivity index (χ3n) is 3.90. The first kappa shape index (κ1) is 22.6. The number of carbonyl (C=O) groups excluding carboxylic acids is 2. The van der Waals surface area contributed by atoms with Gasteiger partial charge in [0.15, 0.2) is 11.5 Å². The molecule has 7 heteroatoms. The second-order valence-corrected chi connectivity index (χ2v) is 6.20. The SMILES string of the molecule is CCCCCCOC(=O)Oc1c(OC)cc(N)cc1C(=O)OCCCCC. The summed E-state index contributed by atoms with van der Waals surface area (Å²) in [7, 11) is 1.40. The Morgan fingerprint density at radius 3 is 2.22 bits per heavy atom. The number of methoxy groups -OCH3 is 1. The summed E-state index contributed by atoms with van der Waals surface area (Å²) < 4.78 is 20.8. The molecular weight excluding hydrogens is 350 g/mol. The molecule has 0 aliphatic carbocycles. The third kappa shape index (κ3) is 8.19. The lowest BCUT2D eigenvalue weighted by molar-refractivity contribution is 0.0491. The van der Waals surface area contributed by atoms with Crippen LogP contribution in [0.5, 0.6) is 11.5 Å². The van der Waals surface area contributed by atoms with Crippen LogP contribution in [0, 0.1) is 0 Å². The number of rotatable bonds is 12. The molecule has 27 heavy (non-hydrogen) atoms.